The fourth-order valence-corrected chi connectivity index (χ4v) is 6.61. The van der Waals surface area contributed by atoms with E-state index >= 15 is 0 Å². The van der Waals surface area contributed by atoms with E-state index in [1.165, 1.54) is 16.8 Å². The fourth-order valence-electron chi connectivity index (χ4n) is 5.04. The third-order valence-electron chi connectivity index (χ3n) is 7.36. The van der Waals surface area contributed by atoms with Crippen LogP contribution in [-0.4, -0.2) is 69.9 Å². The standard InChI is InChI=1S/C27H37N3O4S/c1-21-8-7-9-25(22(21)2)28-16-18-29(19-17-28)27(31)13-10-23-20-24(11-12-26(23)34-3)35(32,33)30-14-5-4-6-15-30/h7-9,11-12,20H,4-6,10,13-19H2,1-3H3. The van der Waals surface area contributed by atoms with Crippen LogP contribution in [0.5, 0.6) is 5.75 Å². The predicted octanol–water partition coefficient (Wildman–Crippen LogP) is 3.77. The summed E-state index contributed by atoms with van der Waals surface area (Å²) in [6.07, 6.45) is 3.64. The van der Waals surface area contributed by atoms with E-state index in [-0.39, 0.29) is 10.8 Å². The van der Waals surface area contributed by atoms with Crippen LogP contribution in [0.1, 0.15) is 42.4 Å². The molecule has 0 saturated carbocycles. The molecule has 0 aromatic heterocycles. The number of aryl methyl sites for hydroxylation is 2. The Morgan fingerprint density at radius 2 is 1.66 bits per heavy atom. The third kappa shape index (κ3) is 5.64. The second-order valence-corrected chi connectivity index (χ2v) is 11.5. The molecule has 2 aromatic carbocycles. The van der Waals surface area contributed by atoms with E-state index in [0.717, 1.165) is 37.9 Å². The fraction of sp³-hybridized carbons (Fsp3) is 0.519. The normalized spacial score (nSPS) is 17.5. The Balaban J connectivity index is 1.39. The Kier molecular flexibility index (Phi) is 8.02. The van der Waals surface area contributed by atoms with Crippen LogP contribution in [0.4, 0.5) is 5.69 Å². The average molecular weight is 500 g/mol. The van der Waals surface area contributed by atoms with Crippen LogP contribution in [0.2, 0.25) is 0 Å². The van der Waals surface area contributed by atoms with Gasteiger partial charge in [-0.3, -0.25) is 4.79 Å². The number of sulfonamides is 1. The summed E-state index contributed by atoms with van der Waals surface area (Å²) in [7, 11) is -1.96. The van der Waals surface area contributed by atoms with Crippen LogP contribution in [0, 0.1) is 13.8 Å². The molecule has 7 nitrogen and oxygen atoms in total. The smallest absolute Gasteiger partial charge is 0.243 e. The van der Waals surface area contributed by atoms with Crippen molar-refractivity contribution in [2.75, 3.05) is 51.3 Å². The van der Waals surface area contributed by atoms with E-state index in [0.29, 0.717) is 44.8 Å². The van der Waals surface area contributed by atoms with Gasteiger partial charge >= 0.3 is 0 Å². The molecular formula is C27H37N3O4S. The van der Waals surface area contributed by atoms with E-state index < -0.39 is 10.0 Å². The van der Waals surface area contributed by atoms with Crippen LogP contribution >= 0.6 is 0 Å². The van der Waals surface area contributed by atoms with Crippen molar-refractivity contribution in [3.8, 4) is 5.75 Å². The van der Waals surface area contributed by atoms with Crippen molar-refractivity contribution >= 4 is 21.6 Å². The molecular weight excluding hydrogens is 462 g/mol. The number of piperidine rings is 1. The third-order valence-corrected chi connectivity index (χ3v) is 9.26. The minimum Gasteiger partial charge on any atom is -0.496 e. The van der Waals surface area contributed by atoms with E-state index in [9.17, 15) is 13.2 Å². The lowest BCUT2D eigenvalue weighted by atomic mass is 10.1. The molecule has 2 heterocycles. The lowest BCUT2D eigenvalue weighted by molar-refractivity contribution is -0.131. The Labute approximate surface area is 209 Å². The molecule has 2 aliphatic rings. The average Bonchev–Trinajstić information content (AvgIpc) is 2.89. The number of carbonyl (C=O) groups is 1. The summed E-state index contributed by atoms with van der Waals surface area (Å²) < 4.78 is 33.3. The van der Waals surface area contributed by atoms with Gasteiger partial charge in [0.15, 0.2) is 0 Å². The van der Waals surface area contributed by atoms with Crippen LogP contribution in [-0.2, 0) is 21.2 Å². The second-order valence-electron chi connectivity index (χ2n) is 9.53. The monoisotopic (exact) mass is 499 g/mol. The van der Waals surface area contributed by atoms with Crippen LogP contribution in [0.25, 0.3) is 0 Å². The van der Waals surface area contributed by atoms with Gasteiger partial charge in [-0.1, -0.05) is 18.6 Å². The van der Waals surface area contributed by atoms with E-state index in [1.807, 2.05) is 4.90 Å². The van der Waals surface area contributed by atoms with Crippen molar-refractivity contribution in [3.05, 3.63) is 53.1 Å². The summed E-state index contributed by atoms with van der Waals surface area (Å²) in [6.45, 7) is 8.40. The van der Waals surface area contributed by atoms with Crippen molar-refractivity contribution in [2.24, 2.45) is 0 Å². The van der Waals surface area contributed by atoms with Crippen molar-refractivity contribution < 1.29 is 17.9 Å². The maximum atomic E-state index is 13.1. The zero-order valence-corrected chi connectivity index (χ0v) is 21.9. The number of hydrogen-bond acceptors (Lipinski definition) is 5. The Bertz CT molecular complexity index is 1150. The maximum absolute atomic E-state index is 13.1. The highest BCUT2D eigenvalue weighted by Crippen LogP contribution is 2.28. The summed E-state index contributed by atoms with van der Waals surface area (Å²) in [5.41, 5.74) is 4.57. The Hall–Kier alpha value is -2.58. The van der Waals surface area contributed by atoms with Crippen molar-refractivity contribution in [3.63, 3.8) is 0 Å². The summed E-state index contributed by atoms with van der Waals surface area (Å²) >= 11 is 0. The molecule has 8 heteroatoms. The number of benzene rings is 2. The van der Waals surface area contributed by atoms with Gasteiger partial charge in [0.1, 0.15) is 5.75 Å². The molecule has 2 aliphatic heterocycles. The molecule has 2 saturated heterocycles. The first kappa shape index (κ1) is 25.5. The zero-order valence-electron chi connectivity index (χ0n) is 21.1. The highest BCUT2D eigenvalue weighted by molar-refractivity contribution is 7.89. The quantitative estimate of drug-likeness (QED) is 0.580. The highest BCUT2D eigenvalue weighted by Gasteiger charge is 2.27. The topological polar surface area (TPSA) is 70.2 Å². The van der Waals surface area contributed by atoms with Gasteiger partial charge in [0.25, 0.3) is 0 Å². The first-order valence-electron chi connectivity index (χ1n) is 12.6. The highest BCUT2D eigenvalue weighted by atomic mass is 32.2. The summed E-state index contributed by atoms with van der Waals surface area (Å²) in [5, 5.41) is 0. The first-order valence-corrected chi connectivity index (χ1v) is 14.0. The van der Waals surface area contributed by atoms with E-state index in [2.05, 4.69) is 36.9 Å². The Morgan fingerprint density at radius 1 is 0.943 bits per heavy atom. The van der Waals surface area contributed by atoms with Gasteiger partial charge in [-0.05, 0) is 74.1 Å². The number of anilines is 1. The summed E-state index contributed by atoms with van der Waals surface area (Å²) in [5.74, 6) is 0.715. The molecule has 4 rings (SSSR count). The molecule has 2 aromatic rings. The molecule has 1 amide bonds. The van der Waals surface area contributed by atoms with Crippen molar-refractivity contribution in [2.45, 2.75) is 50.8 Å². The summed E-state index contributed by atoms with van der Waals surface area (Å²) in [4.78, 5) is 17.6. The van der Waals surface area contributed by atoms with Gasteiger partial charge in [0, 0.05) is 51.4 Å². The molecule has 0 N–H and O–H groups in total. The van der Waals surface area contributed by atoms with E-state index in [4.69, 9.17) is 4.74 Å². The molecule has 2 fully saturated rings. The van der Waals surface area contributed by atoms with Gasteiger partial charge < -0.3 is 14.5 Å². The Morgan fingerprint density at radius 3 is 2.34 bits per heavy atom. The van der Waals surface area contributed by atoms with Crippen LogP contribution in [0.15, 0.2) is 41.3 Å². The van der Waals surface area contributed by atoms with Gasteiger partial charge in [-0.25, -0.2) is 8.42 Å². The molecule has 0 aliphatic carbocycles. The van der Waals surface area contributed by atoms with Gasteiger partial charge in [-0.15, -0.1) is 0 Å². The lowest BCUT2D eigenvalue weighted by Gasteiger charge is -2.37. The number of methoxy groups -OCH3 is 1. The van der Waals surface area contributed by atoms with Gasteiger partial charge in [-0.2, -0.15) is 4.31 Å². The van der Waals surface area contributed by atoms with E-state index in [1.54, 1.807) is 29.6 Å². The summed E-state index contributed by atoms with van der Waals surface area (Å²) in [6, 6.07) is 11.4. The lowest BCUT2D eigenvalue weighted by Crippen LogP contribution is -2.49. The number of hydrogen-bond donors (Lipinski definition) is 0. The van der Waals surface area contributed by atoms with Gasteiger partial charge in [0.05, 0.1) is 12.0 Å². The maximum Gasteiger partial charge on any atom is 0.243 e. The number of amides is 1. The minimum atomic E-state index is -3.53. The number of nitrogens with zero attached hydrogens (tertiary/aromatic N) is 3. The SMILES string of the molecule is COc1ccc(S(=O)(=O)N2CCCCC2)cc1CCC(=O)N1CCN(c2cccc(C)c2C)CC1. The second kappa shape index (κ2) is 11.0. The van der Waals surface area contributed by atoms with Crippen molar-refractivity contribution in [1.29, 1.82) is 0 Å². The molecule has 190 valence electrons. The number of piperazine rings is 1. The number of ether oxygens (including phenoxy) is 1. The number of rotatable bonds is 7. The predicted molar refractivity (Wildman–Crippen MR) is 139 cm³/mol. The number of carbonyl (C=O) groups excluding carboxylic acids is 1. The molecule has 0 bridgehead atoms. The molecule has 35 heavy (non-hydrogen) atoms. The largest absolute Gasteiger partial charge is 0.496 e. The van der Waals surface area contributed by atoms with Gasteiger partial charge in [0.2, 0.25) is 15.9 Å². The van der Waals surface area contributed by atoms with Crippen LogP contribution < -0.4 is 9.64 Å². The molecule has 0 spiro atoms. The van der Waals surface area contributed by atoms with Crippen LogP contribution in [0.3, 0.4) is 0 Å². The van der Waals surface area contributed by atoms with Crippen molar-refractivity contribution in [1.82, 2.24) is 9.21 Å². The zero-order chi connectivity index (χ0) is 25.0. The molecule has 0 unspecified atom stereocenters. The molecule has 0 atom stereocenters. The minimum absolute atomic E-state index is 0.0944. The molecule has 0 radical (unpaired) electrons. The first-order chi connectivity index (χ1) is 16.8.